The van der Waals surface area contributed by atoms with E-state index < -0.39 is 17.5 Å². The summed E-state index contributed by atoms with van der Waals surface area (Å²) in [5, 5.41) is 2.39. The fourth-order valence-corrected chi connectivity index (χ4v) is 1.34. The number of benzene rings is 1. The van der Waals surface area contributed by atoms with Crippen molar-refractivity contribution in [3.63, 3.8) is 0 Å². The largest absolute Gasteiger partial charge is 0.481 e. The fraction of sp³-hybridized carbons (Fsp3) is 0.0833. The average molecular weight is 265 g/mol. The normalized spacial score (nSPS) is 10.1. The van der Waals surface area contributed by atoms with Crippen LogP contribution < -0.4 is 10.1 Å². The van der Waals surface area contributed by atoms with Crippen molar-refractivity contribution in [1.29, 1.82) is 0 Å². The van der Waals surface area contributed by atoms with E-state index in [1.165, 1.54) is 25.6 Å². The molecule has 98 valence electrons. The van der Waals surface area contributed by atoms with Crippen molar-refractivity contribution in [3.8, 4) is 5.88 Å². The van der Waals surface area contributed by atoms with E-state index in [0.717, 1.165) is 12.1 Å². The Labute approximate surface area is 107 Å². The van der Waals surface area contributed by atoms with Crippen LogP contribution in [0.5, 0.6) is 5.88 Å². The molecule has 0 bridgehead atoms. The third-order valence-electron chi connectivity index (χ3n) is 2.26. The molecule has 0 spiro atoms. The fourth-order valence-electron chi connectivity index (χ4n) is 1.34. The smallest absolute Gasteiger partial charge is 0.274 e. The summed E-state index contributed by atoms with van der Waals surface area (Å²) in [5.41, 5.74) is 0.179. The van der Waals surface area contributed by atoms with Crippen LogP contribution in [-0.4, -0.2) is 23.0 Å². The van der Waals surface area contributed by atoms with Gasteiger partial charge in [0.15, 0.2) is 11.6 Å². The molecule has 0 saturated heterocycles. The molecule has 0 unspecified atom stereocenters. The quantitative estimate of drug-likeness (QED) is 0.922. The molecule has 1 aromatic carbocycles. The lowest BCUT2D eigenvalue weighted by molar-refractivity contribution is 0.102. The summed E-state index contributed by atoms with van der Waals surface area (Å²) in [7, 11) is 1.40. The zero-order valence-electron chi connectivity index (χ0n) is 9.85. The van der Waals surface area contributed by atoms with Crippen LogP contribution in [0.2, 0.25) is 0 Å². The molecule has 0 aliphatic carbocycles. The zero-order chi connectivity index (χ0) is 13.8. The first-order chi connectivity index (χ1) is 9.10. The van der Waals surface area contributed by atoms with E-state index in [-0.39, 0.29) is 17.3 Å². The number of nitrogens with one attached hydrogen (secondary N) is 1. The number of halogens is 2. The van der Waals surface area contributed by atoms with Crippen molar-refractivity contribution in [1.82, 2.24) is 9.97 Å². The number of carbonyl (C=O) groups is 1. The van der Waals surface area contributed by atoms with Crippen molar-refractivity contribution in [2.75, 3.05) is 12.4 Å². The molecule has 7 heteroatoms. The number of methoxy groups -OCH3 is 1. The number of hydrogen-bond donors (Lipinski definition) is 1. The van der Waals surface area contributed by atoms with Crippen molar-refractivity contribution >= 4 is 11.6 Å². The second-order valence-corrected chi connectivity index (χ2v) is 3.53. The average Bonchev–Trinajstić information content (AvgIpc) is 2.43. The number of nitrogens with zero attached hydrogens (tertiary/aromatic N) is 2. The van der Waals surface area contributed by atoms with Gasteiger partial charge in [0.05, 0.1) is 7.11 Å². The molecule has 0 saturated carbocycles. The van der Waals surface area contributed by atoms with Crippen molar-refractivity contribution in [3.05, 3.63) is 47.9 Å². The molecule has 2 rings (SSSR count). The van der Waals surface area contributed by atoms with Gasteiger partial charge in [-0.15, -0.1) is 0 Å². The summed E-state index contributed by atoms with van der Waals surface area (Å²) in [6.45, 7) is 0. The SMILES string of the molecule is COc1cc(C(=O)Nc2ccc(F)c(F)c2)ncn1. The number of aromatic nitrogens is 2. The Bertz CT molecular complexity index is 620. The first-order valence-corrected chi connectivity index (χ1v) is 5.22. The van der Waals surface area contributed by atoms with Crippen molar-refractivity contribution < 1.29 is 18.3 Å². The zero-order valence-corrected chi connectivity index (χ0v) is 9.85. The molecular formula is C12H9F2N3O2. The second-order valence-electron chi connectivity index (χ2n) is 3.53. The van der Waals surface area contributed by atoms with Gasteiger partial charge >= 0.3 is 0 Å². The van der Waals surface area contributed by atoms with Crippen LogP contribution in [0.1, 0.15) is 10.5 Å². The topological polar surface area (TPSA) is 64.1 Å². The van der Waals surface area contributed by atoms with E-state index in [1.807, 2.05) is 0 Å². The summed E-state index contributed by atoms with van der Waals surface area (Å²) in [6.07, 6.45) is 1.17. The molecule has 0 radical (unpaired) electrons. The molecule has 2 aromatic rings. The molecule has 5 nitrogen and oxygen atoms in total. The lowest BCUT2D eigenvalue weighted by Crippen LogP contribution is -2.14. The van der Waals surface area contributed by atoms with Crippen molar-refractivity contribution in [2.45, 2.75) is 0 Å². The Morgan fingerprint density at radius 2 is 2.00 bits per heavy atom. The van der Waals surface area contributed by atoms with Gasteiger partial charge in [-0.25, -0.2) is 18.7 Å². The van der Waals surface area contributed by atoms with E-state index >= 15 is 0 Å². The van der Waals surface area contributed by atoms with E-state index in [0.29, 0.717) is 0 Å². The molecular weight excluding hydrogens is 256 g/mol. The maximum absolute atomic E-state index is 13.0. The Morgan fingerprint density at radius 1 is 1.21 bits per heavy atom. The highest BCUT2D eigenvalue weighted by Crippen LogP contribution is 2.14. The molecule has 19 heavy (non-hydrogen) atoms. The summed E-state index contributed by atoms with van der Waals surface area (Å²) < 4.78 is 30.6. The van der Waals surface area contributed by atoms with Crippen LogP contribution in [0.15, 0.2) is 30.6 Å². The maximum Gasteiger partial charge on any atom is 0.274 e. The standard InChI is InChI=1S/C12H9F2N3O2/c1-19-11-5-10(15-6-16-11)12(18)17-7-2-3-8(13)9(14)4-7/h2-6H,1H3,(H,17,18). The van der Waals surface area contributed by atoms with Gasteiger partial charge in [0.1, 0.15) is 12.0 Å². The Morgan fingerprint density at radius 3 is 2.68 bits per heavy atom. The Hall–Kier alpha value is -2.57. The number of rotatable bonds is 3. The molecule has 1 amide bonds. The minimum atomic E-state index is -1.04. The van der Waals surface area contributed by atoms with Gasteiger partial charge in [0.2, 0.25) is 5.88 Å². The molecule has 0 aliphatic heterocycles. The predicted molar refractivity (Wildman–Crippen MR) is 62.9 cm³/mol. The summed E-state index contributed by atoms with van der Waals surface area (Å²) in [6, 6.07) is 4.38. The second kappa shape index (κ2) is 5.38. The van der Waals surface area contributed by atoms with Crippen LogP contribution in [0.4, 0.5) is 14.5 Å². The first-order valence-electron chi connectivity index (χ1n) is 5.22. The minimum absolute atomic E-state index is 0.0524. The lowest BCUT2D eigenvalue weighted by atomic mass is 10.3. The summed E-state index contributed by atoms with van der Waals surface area (Å²) in [5.74, 6) is -2.38. The van der Waals surface area contributed by atoms with Crippen LogP contribution in [-0.2, 0) is 0 Å². The minimum Gasteiger partial charge on any atom is -0.481 e. The third kappa shape index (κ3) is 3.01. The molecule has 1 aromatic heterocycles. The number of carbonyl (C=O) groups excluding carboxylic acids is 1. The third-order valence-corrected chi connectivity index (χ3v) is 2.26. The number of anilines is 1. The Kier molecular flexibility index (Phi) is 3.65. The van der Waals surface area contributed by atoms with E-state index in [1.54, 1.807) is 0 Å². The van der Waals surface area contributed by atoms with Gasteiger partial charge in [-0.3, -0.25) is 4.79 Å². The van der Waals surface area contributed by atoms with Gasteiger partial charge in [-0.2, -0.15) is 0 Å². The first kappa shape index (κ1) is 12.9. The monoisotopic (exact) mass is 265 g/mol. The van der Waals surface area contributed by atoms with E-state index in [2.05, 4.69) is 15.3 Å². The highest BCUT2D eigenvalue weighted by atomic mass is 19.2. The summed E-state index contributed by atoms with van der Waals surface area (Å²) in [4.78, 5) is 19.3. The van der Waals surface area contributed by atoms with Gasteiger partial charge in [-0.1, -0.05) is 0 Å². The van der Waals surface area contributed by atoms with Crippen LogP contribution in [0.25, 0.3) is 0 Å². The van der Waals surface area contributed by atoms with Crippen molar-refractivity contribution in [2.24, 2.45) is 0 Å². The highest BCUT2D eigenvalue weighted by Gasteiger charge is 2.11. The van der Waals surface area contributed by atoms with E-state index in [4.69, 9.17) is 4.74 Å². The van der Waals surface area contributed by atoms with Crippen LogP contribution in [0, 0.1) is 11.6 Å². The predicted octanol–water partition coefficient (Wildman–Crippen LogP) is 2.02. The van der Waals surface area contributed by atoms with Crippen LogP contribution >= 0.6 is 0 Å². The summed E-state index contributed by atoms with van der Waals surface area (Å²) >= 11 is 0. The molecule has 1 heterocycles. The number of hydrogen-bond acceptors (Lipinski definition) is 4. The van der Waals surface area contributed by atoms with Gasteiger partial charge in [0.25, 0.3) is 5.91 Å². The number of ether oxygens (including phenoxy) is 1. The van der Waals surface area contributed by atoms with E-state index in [9.17, 15) is 13.6 Å². The Balaban J connectivity index is 2.18. The molecule has 1 N–H and O–H groups in total. The van der Waals surface area contributed by atoms with Gasteiger partial charge in [-0.05, 0) is 12.1 Å². The van der Waals surface area contributed by atoms with Gasteiger partial charge in [0, 0.05) is 17.8 Å². The highest BCUT2D eigenvalue weighted by molar-refractivity contribution is 6.02. The molecule has 0 fully saturated rings. The van der Waals surface area contributed by atoms with Gasteiger partial charge < -0.3 is 10.1 Å². The molecule has 0 atom stereocenters. The number of amides is 1. The van der Waals surface area contributed by atoms with Crippen LogP contribution in [0.3, 0.4) is 0 Å². The maximum atomic E-state index is 13.0. The molecule has 0 aliphatic rings. The lowest BCUT2D eigenvalue weighted by Gasteiger charge is -2.05.